The van der Waals surface area contributed by atoms with Crippen LogP contribution < -0.4 is 10.2 Å². The molecule has 0 saturated carbocycles. The number of hydrogen-bond acceptors (Lipinski definition) is 3. The van der Waals surface area contributed by atoms with Crippen LogP contribution in [0.5, 0.6) is 0 Å². The third kappa shape index (κ3) is 3.34. The minimum Gasteiger partial charge on any atom is -0.378 e. The van der Waals surface area contributed by atoms with Gasteiger partial charge in [-0.3, -0.25) is 4.79 Å². The van der Waals surface area contributed by atoms with Gasteiger partial charge in [-0.05, 0) is 48.9 Å². The number of carbonyl (C=O) groups is 1. The van der Waals surface area contributed by atoms with Gasteiger partial charge in [0.05, 0.1) is 11.0 Å². The number of imidazole rings is 1. The monoisotopic (exact) mass is 308 g/mol. The van der Waals surface area contributed by atoms with Gasteiger partial charge in [0, 0.05) is 31.9 Å². The number of fused-ring (bicyclic) bond motifs is 1. The molecule has 3 aromatic rings. The van der Waals surface area contributed by atoms with Crippen molar-refractivity contribution < 1.29 is 4.79 Å². The number of aryl methyl sites for hydroxylation is 1. The van der Waals surface area contributed by atoms with Gasteiger partial charge in [0.2, 0.25) is 0 Å². The van der Waals surface area contributed by atoms with Crippen molar-refractivity contribution in [3.05, 3.63) is 59.4 Å². The van der Waals surface area contributed by atoms with Crippen molar-refractivity contribution in [3.8, 4) is 0 Å². The maximum atomic E-state index is 12.2. The van der Waals surface area contributed by atoms with E-state index >= 15 is 0 Å². The van der Waals surface area contributed by atoms with Crippen molar-refractivity contribution in [2.75, 3.05) is 19.0 Å². The molecule has 0 radical (unpaired) electrons. The number of benzene rings is 2. The van der Waals surface area contributed by atoms with E-state index in [0.717, 1.165) is 28.1 Å². The van der Waals surface area contributed by atoms with Gasteiger partial charge in [0.25, 0.3) is 5.91 Å². The number of rotatable bonds is 4. The lowest BCUT2D eigenvalue weighted by Gasteiger charge is -2.12. The topological polar surface area (TPSA) is 61.0 Å². The number of aromatic amines is 1. The SMILES string of the molecule is Cc1nc2ccc(CNC(=O)c3ccc(N(C)C)cc3)cc2[nH]1. The quantitative estimate of drug-likeness (QED) is 0.779. The molecule has 0 aliphatic carbocycles. The Morgan fingerprint density at radius 1 is 1.17 bits per heavy atom. The van der Waals surface area contributed by atoms with E-state index in [0.29, 0.717) is 12.1 Å². The third-order valence-electron chi connectivity index (χ3n) is 3.76. The van der Waals surface area contributed by atoms with Gasteiger partial charge >= 0.3 is 0 Å². The molecule has 2 N–H and O–H groups in total. The van der Waals surface area contributed by atoms with Crippen LogP contribution in [0, 0.1) is 6.92 Å². The number of nitrogens with one attached hydrogen (secondary N) is 2. The predicted octanol–water partition coefficient (Wildman–Crippen LogP) is 2.87. The van der Waals surface area contributed by atoms with E-state index in [1.807, 2.05) is 68.4 Å². The summed E-state index contributed by atoms with van der Waals surface area (Å²) in [6.07, 6.45) is 0. The Hall–Kier alpha value is -2.82. The summed E-state index contributed by atoms with van der Waals surface area (Å²) in [6, 6.07) is 13.5. The van der Waals surface area contributed by atoms with Gasteiger partial charge in [-0.15, -0.1) is 0 Å². The van der Waals surface area contributed by atoms with E-state index in [2.05, 4.69) is 15.3 Å². The molecule has 23 heavy (non-hydrogen) atoms. The van der Waals surface area contributed by atoms with E-state index in [1.165, 1.54) is 0 Å². The van der Waals surface area contributed by atoms with Crippen LogP contribution in [0.3, 0.4) is 0 Å². The Kier molecular flexibility index (Phi) is 4.02. The van der Waals surface area contributed by atoms with Crippen molar-refractivity contribution in [1.29, 1.82) is 0 Å². The second-order valence-electron chi connectivity index (χ2n) is 5.80. The first-order valence-electron chi connectivity index (χ1n) is 7.54. The zero-order chi connectivity index (χ0) is 16.4. The molecule has 0 aliphatic rings. The first-order valence-corrected chi connectivity index (χ1v) is 7.54. The second kappa shape index (κ2) is 6.12. The molecule has 118 valence electrons. The van der Waals surface area contributed by atoms with Gasteiger partial charge in [0.1, 0.15) is 5.82 Å². The molecular weight excluding hydrogens is 288 g/mol. The highest BCUT2D eigenvalue weighted by Gasteiger charge is 2.07. The molecule has 2 aromatic carbocycles. The summed E-state index contributed by atoms with van der Waals surface area (Å²) < 4.78 is 0. The highest BCUT2D eigenvalue weighted by Crippen LogP contribution is 2.14. The molecule has 0 fully saturated rings. The van der Waals surface area contributed by atoms with Crippen molar-refractivity contribution in [2.24, 2.45) is 0 Å². The lowest BCUT2D eigenvalue weighted by molar-refractivity contribution is 0.0951. The van der Waals surface area contributed by atoms with Crippen molar-refractivity contribution in [3.63, 3.8) is 0 Å². The molecule has 1 amide bonds. The zero-order valence-electron chi connectivity index (χ0n) is 13.6. The zero-order valence-corrected chi connectivity index (χ0v) is 13.6. The minimum absolute atomic E-state index is 0.0730. The average molecular weight is 308 g/mol. The second-order valence-corrected chi connectivity index (χ2v) is 5.80. The highest BCUT2D eigenvalue weighted by atomic mass is 16.1. The largest absolute Gasteiger partial charge is 0.378 e. The first kappa shape index (κ1) is 15.1. The molecule has 0 unspecified atom stereocenters. The van der Waals surface area contributed by atoms with Crippen LogP contribution in [-0.2, 0) is 6.54 Å². The van der Waals surface area contributed by atoms with Crippen LogP contribution in [0.25, 0.3) is 11.0 Å². The Morgan fingerprint density at radius 2 is 1.91 bits per heavy atom. The summed E-state index contributed by atoms with van der Waals surface area (Å²) >= 11 is 0. The fraction of sp³-hybridized carbons (Fsp3) is 0.222. The number of amides is 1. The number of H-pyrrole nitrogens is 1. The summed E-state index contributed by atoms with van der Waals surface area (Å²) in [6.45, 7) is 2.42. The maximum Gasteiger partial charge on any atom is 0.251 e. The van der Waals surface area contributed by atoms with Gasteiger partial charge in [0.15, 0.2) is 0 Å². The molecule has 0 spiro atoms. The number of anilines is 1. The number of aromatic nitrogens is 2. The lowest BCUT2D eigenvalue weighted by atomic mass is 10.1. The van der Waals surface area contributed by atoms with Crippen LogP contribution in [0.1, 0.15) is 21.7 Å². The molecule has 0 atom stereocenters. The van der Waals surface area contributed by atoms with E-state index in [4.69, 9.17) is 0 Å². The molecule has 0 aliphatic heterocycles. The van der Waals surface area contributed by atoms with Crippen LogP contribution in [-0.4, -0.2) is 30.0 Å². The Balaban J connectivity index is 1.67. The summed E-state index contributed by atoms with van der Waals surface area (Å²) in [7, 11) is 3.95. The van der Waals surface area contributed by atoms with Crippen molar-refractivity contribution >= 4 is 22.6 Å². The number of carbonyl (C=O) groups excluding carboxylic acids is 1. The van der Waals surface area contributed by atoms with Crippen molar-refractivity contribution in [2.45, 2.75) is 13.5 Å². The Bertz CT molecular complexity index is 834. The summed E-state index contributed by atoms with van der Waals surface area (Å²) in [5.74, 6) is 0.818. The summed E-state index contributed by atoms with van der Waals surface area (Å²) in [4.78, 5) is 21.8. The predicted molar refractivity (Wildman–Crippen MR) is 92.8 cm³/mol. The van der Waals surface area contributed by atoms with Crippen molar-refractivity contribution in [1.82, 2.24) is 15.3 Å². The van der Waals surface area contributed by atoms with E-state index < -0.39 is 0 Å². The highest BCUT2D eigenvalue weighted by molar-refractivity contribution is 5.94. The fourth-order valence-corrected chi connectivity index (χ4v) is 2.49. The average Bonchev–Trinajstić information content (AvgIpc) is 2.92. The summed E-state index contributed by atoms with van der Waals surface area (Å²) in [5, 5.41) is 2.95. The minimum atomic E-state index is -0.0730. The maximum absolute atomic E-state index is 12.2. The summed E-state index contributed by atoms with van der Waals surface area (Å²) in [5.41, 5.74) is 4.71. The molecular formula is C18H20N4O. The van der Waals surface area contributed by atoms with Gasteiger partial charge in [-0.25, -0.2) is 4.98 Å². The van der Waals surface area contributed by atoms with E-state index in [1.54, 1.807) is 0 Å². The van der Waals surface area contributed by atoms with Gasteiger partial charge in [-0.1, -0.05) is 6.07 Å². The first-order chi connectivity index (χ1) is 11.0. The molecule has 0 saturated heterocycles. The molecule has 1 aromatic heterocycles. The lowest BCUT2D eigenvalue weighted by Crippen LogP contribution is -2.22. The molecule has 5 heteroatoms. The van der Waals surface area contributed by atoms with Crippen LogP contribution in [0.4, 0.5) is 5.69 Å². The fourth-order valence-electron chi connectivity index (χ4n) is 2.49. The van der Waals surface area contributed by atoms with E-state index in [-0.39, 0.29) is 5.91 Å². The van der Waals surface area contributed by atoms with Crippen LogP contribution >= 0.6 is 0 Å². The Morgan fingerprint density at radius 3 is 2.61 bits per heavy atom. The van der Waals surface area contributed by atoms with E-state index in [9.17, 15) is 4.79 Å². The number of nitrogens with zero attached hydrogens (tertiary/aromatic N) is 2. The molecule has 3 rings (SSSR count). The number of hydrogen-bond donors (Lipinski definition) is 2. The smallest absolute Gasteiger partial charge is 0.251 e. The van der Waals surface area contributed by atoms with Gasteiger partial charge in [-0.2, -0.15) is 0 Å². The molecule has 1 heterocycles. The molecule has 5 nitrogen and oxygen atoms in total. The third-order valence-corrected chi connectivity index (χ3v) is 3.76. The van der Waals surface area contributed by atoms with Crippen LogP contribution in [0.2, 0.25) is 0 Å². The normalized spacial score (nSPS) is 10.7. The standard InChI is InChI=1S/C18H20N4O/c1-12-20-16-9-4-13(10-17(16)21-12)11-19-18(23)14-5-7-15(8-6-14)22(2)3/h4-10H,11H2,1-3H3,(H,19,23)(H,20,21). The molecule has 0 bridgehead atoms. The van der Waals surface area contributed by atoms with Crippen LogP contribution in [0.15, 0.2) is 42.5 Å². The van der Waals surface area contributed by atoms with Gasteiger partial charge < -0.3 is 15.2 Å². The Labute approximate surface area is 135 Å².